The number of hydrazine groups is 1. The van der Waals surface area contributed by atoms with Crippen molar-refractivity contribution in [1.29, 1.82) is 0 Å². The average molecular weight is 280 g/mol. The zero-order valence-electron chi connectivity index (χ0n) is 9.18. The molecule has 0 atom stereocenters. The molecular weight excluding hydrogens is 269 g/mol. The van der Waals surface area contributed by atoms with Crippen LogP contribution < -0.4 is 4.83 Å². The predicted octanol–water partition coefficient (Wildman–Crippen LogP) is 1.42. The monoisotopic (exact) mass is 279 g/mol. The van der Waals surface area contributed by atoms with Gasteiger partial charge < -0.3 is 0 Å². The van der Waals surface area contributed by atoms with Crippen molar-refractivity contribution in [2.45, 2.75) is 4.90 Å². The Bertz CT molecular complexity index is 533. The number of benzene rings is 1. The van der Waals surface area contributed by atoms with Gasteiger partial charge in [-0.2, -0.15) is 4.39 Å². The Labute approximate surface area is 104 Å². The topological polar surface area (TPSA) is 61.8 Å². The first-order valence-corrected chi connectivity index (χ1v) is 6.37. The average Bonchev–Trinajstić information content (AvgIpc) is 2.27. The molecule has 8 heteroatoms. The van der Waals surface area contributed by atoms with Crippen LogP contribution >= 0.6 is 11.6 Å². The summed E-state index contributed by atoms with van der Waals surface area (Å²) in [5.74, 6) is 0. The smallest absolute Gasteiger partial charge is 0.257 e. The van der Waals surface area contributed by atoms with Crippen molar-refractivity contribution in [3.63, 3.8) is 0 Å². The lowest BCUT2D eigenvalue weighted by atomic mass is 10.4. The van der Waals surface area contributed by atoms with Crippen molar-refractivity contribution >= 4 is 27.7 Å². The number of nitrogens with zero attached hydrogens (tertiary/aromatic N) is 2. The van der Waals surface area contributed by atoms with Gasteiger partial charge in [0.2, 0.25) is 0 Å². The van der Waals surface area contributed by atoms with E-state index in [2.05, 4.69) is 4.99 Å². The number of hydrogen-bond donors (Lipinski definition) is 1. The summed E-state index contributed by atoms with van der Waals surface area (Å²) in [5, 5.41) is 0.709. The second-order valence-electron chi connectivity index (χ2n) is 3.08. The molecule has 0 aromatic heterocycles. The van der Waals surface area contributed by atoms with Crippen LogP contribution in [0.15, 0.2) is 34.2 Å². The molecule has 0 saturated carbocycles. The maximum absolute atomic E-state index is 13.0. The Balaban J connectivity index is 3.02. The summed E-state index contributed by atoms with van der Waals surface area (Å²) < 4.78 is 36.6. The molecule has 0 amide bonds. The highest BCUT2D eigenvalue weighted by molar-refractivity contribution is 7.89. The molecule has 0 unspecified atom stereocenters. The number of hydrogen-bond acceptors (Lipinski definition) is 3. The summed E-state index contributed by atoms with van der Waals surface area (Å²) in [4.78, 5) is 5.06. The van der Waals surface area contributed by atoms with Crippen LogP contribution in [0, 0.1) is 0 Å². The molecule has 0 saturated heterocycles. The van der Waals surface area contributed by atoms with Crippen LogP contribution in [0.4, 0.5) is 4.39 Å². The lowest BCUT2D eigenvalue weighted by Gasteiger charge is -2.16. The Hall–Kier alpha value is -1.18. The van der Waals surface area contributed by atoms with Gasteiger partial charge in [0.25, 0.3) is 16.1 Å². The van der Waals surface area contributed by atoms with E-state index >= 15 is 0 Å². The molecule has 5 nitrogen and oxygen atoms in total. The summed E-state index contributed by atoms with van der Waals surface area (Å²) in [6.45, 7) is 0. The van der Waals surface area contributed by atoms with Gasteiger partial charge in [-0.1, -0.05) is 23.7 Å². The summed E-state index contributed by atoms with van der Waals surface area (Å²) in [6.07, 6.45) is -0.958. The molecule has 0 fully saturated rings. The molecule has 1 aromatic rings. The van der Waals surface area contributed by atoms with E-state index in [0.29, 0.717) is 5.01 Å². The number of nitrogens with one attached hydrogen (secondary N) is 1. The molecule has 0 radical (unpaired) electrons. The molecule has 1 N–H and O–H groups in total. The molecule has 0 aliphatic rings. The molecule has 0 bridgehead atoms. The number of rotatable bonds is 3. The Morgan fingerprint density at radius 1 is 1.47 bits per heavy atom. The fourth-order valence-electron chi connectivity index (χ4n) is 1.08. The van der Waals surface area contributed by atoms with Crippen molar-refractivity contribution in [3.8, 4) is 0 Å². The number of amidine groups is 1. The van der Waals surface area contributed by atoms with Crippen LogP contribution in [0.25, 0.3) is 0 Å². The van der Waals surface area contributed by atoms with E-state index in [-0.39, 0.29) is 9.92 Å². The van der Waals surface area contributed by atoms with Crippen molar-refractivity contribution in [3.05, 3.63) is 29.3 Å². The third-order valence-electron chi connectivity index (χ3n) is 1.84. The first-order chi connectivity index (χ1) is 7.88. The second kappa shape index (κ2) is 5.44. The molecule has 1 aromatic carbocycles. The fourth-order valence-corrected chi connectivity index (χ4v) is 2.64. The minimum absolute atomic E-state index is 0.0576. The van der Waals surface area contributed by atoms with Crippen molar-refractivity contribution in [2.75, 3.05) is 14.1 Å². The summed E-state index contributed by atoms with van der Waals surface area (Å²) >= 11 is 5.74. The van der Waals surface area contributed by atoms with E-state index in [0.717, 1.165) is 0 Å². The first kappa shape index (κ1) is 13.9. The fraction of sp³-hybridized carbons (Fsp3) is 0.222. The van der Waals surface area contributed by atoms with Crippen LogP contribution in [0.3, 0.4) is 0 Å². The van der Waals surface area contributed by atoms with Gasteiger partial charge in [0.1, 0.15) is 4.90 Å². The van der Waals surface area contributed by atoms with Gasteiger partial charge in [-0.25, -0.2) is 13.4 Å². The zero-order valence-corrected chi connectivity index (χ0v) is 10.8. The van der Waals surface area contributed by atoms with Crippen LogP contribution in [-0.4, -0.2) is 33.6 Å². The largest absolute Gasteiger partial charge is 0.295 e. The quantitative estimate of drug-likeness (QED) is 0.394. The maximum Gasteiger partial charge on any atom is 0.295 e. The van der Waals surface area contributed by atoms with Gasteiger partial charge in [-0.05, 0) is 12.1 Å². The van der Waals surface area contributed by atoms with E-state index in [1.165, 1.54) is 32.3 Å². The van der Waals surface area contributed by atoms with E-state index < -0.39 is 16.1 Å². The molecule has 0 heterocycles. The third kappa shape index (κ3) is 3.39. The molecule has 94 valence electrons. The van der Waals surface area contributed by atoms with Crippen LogP contribution in [0.1, 0.15) is 0 Å². The van der Waals surface area contributed by atoms with Crippen molar-refractivity contribution in [2.24, 2.45) is 4.99 Å². The SMILES string of the molecule is CN=C(F)N(C)NS(=O)(=O)c1ccccc1Cl. The van der Waals surface area contributed by atoms with Gasteiger partial charge >= 0.3 is 0 Å². The first-order valence-electron chi connectivity index (χ1n) is 4.51. The highest BCUT2D eigenvalue weighted by Gasteiger charge is 2.20. The Morgan fingerprint density at radius 3 is 2.59 bits per heavy atom. The Kier molecular flexibility index (Phi) is 4.44. The second-order valence-corrected chi connectivity index (χ2v) is 5.11. The summed E-state index contributed by atoms with van der Waals surface area (Å²) in [7, 11) is -1.53. The van der Waals surface area contributed by atoms with Gasteiger partial charge in [-0.3, -0.25) is 5.01 Å². The van der Waals surface area contributed by atoms with E-state index in [9.17, 15) is 12.8 Å². The highest BCUT2D eigenvalue weighted by atomic mass is 35.5. The molecule has 0 spiro atoms. The van der Waals surface area contributed by atoms with Crippen LogP contribution in [0.2, 0.25) is 5.02 Å². The Morgan fingerprint density at radius 2 is 2.06 bits per heavy atom. The van der Waals surface area contributed by atoms with E-state index in [4.69, 9.17) is 11.6 Å². The van der Waals surface area contributed by atoms with Gasteiger partial charge in [0.05, 0.1) is 5.02 Å². The number of aliphatic imine (C=N–C) groups is 1. The molecule has 17 heavy (non-hydrogen) atoms. The minimum Gasteiger partial charge on any atom is -0.257 e. The van der Waals surface area contributed by atoms with Gasteiger partial charge in [0, 0.05) is 14.1 Å². The number of sulfonamides is 1. The van der Waals surface area contributed by atoms with E-state index in [1.54, 1.807) is 6.07 Å². The third-order valence-corrected chi connectivity index (χ3v) is 3.74. The molecule has 0 aliphatic carbocycles. The van der Waals surface area contributed by atoms with Crippen LogP contribution in [0.5, 0.6) is 0 Å². The summed E-state index contributed by atoms with van der Waals surface area (Å²) in [5.41, 5.74) is 0. The van der Waals surface area contributed by atoms with Crippen molar-refractivity contribution in [1.82, 2.24) is 9.84 Å². The van der Waals surface area contributed by atoms with E-state index in [1.807, 2.05) is 4.83 Å². The highest BCUT2D eigenvalue weighted by Crippen LogP contribution is 2.20. The number of halogens is 2. The zero-order chi connectivity index (χ0) is 13.1. The van der Waals surface area contributed by atoms with Crippen molar-refractivity contribution < 1.29 is 12.8 Å². The predicted molar refractivity (Wildman–Crippen MR) is 64.0 cm³/mol. The molecule has 0 aliphatic heterocycles. The minimum atomic E-state index is -3.92. The maximum atomic E-state index is 13.0. The van der Waals surface area contributed by atoms with Gasteiger partial charge in [0.15, 0.2) is 0 Å². The van der Waals surface area contributed by atoms with Crippen LogP contribution in [-0.2, 0) is 10.0 Å². The molecular formula is C9H11ClFN3O2S. The summed E-state index contributed by atoms with van der Waals surface area (Å²) in [6, 6.07) is 5.86. The standard InChI is InChI=1S/C9H11ClFN3O2S/c1-12-9(11)14(2)13-17(15,16)8-6-4-3-5-7(8)10/h3-6,13H,1-2H3. The van der Waals surface area contributed by atoms with Gasteiger partial charge in [-0.15, -0.1) is 4.83 Å². The molecule has 1 rings (SSSR count). The normalized spacial score (nSPS) is 12.6. The lowest BCUT2D eigenvalue weighted by Crippen LogP contribution is -2.41. The lowest BCUT2D eigenvalue weighted by molar-refractivity contribution is 0.402.